The van der Waals surface area contributed by atoms with Crippen molar-refractivity contribution in [2.75, 3.05) is 31.1 Å². The first-order valence-electron chi connectivity index (χ1n) is 13.8. The fourth-order valence-corrected chi connectivity index (χ4v) is 6.33. The molecule has 8 nitrogen and oxygen atoms in total. The van der Waals surface area contributed by atoms with Crippen molar-refractivity contribution in [3.05, 3.63) is 23.8 Å². The van der Waals surface area contributed by atoms with Gasteiger partial charge in [-0.05, 0) is 95.6 Å². The van der Waals surface area contributed by atoms with Crippen molar-refractivity contribution in [2.45, 2.75) is 96.6 Å². The molecule has 2 heterocycles. The minimum Gasteiger partial charge on any atom is -0.489 e. The molecular formula is C29H43N3O5. The van der Waals surface area contributed by atoms with Crippen LogP contribution in [0.4, 0.5) is 10.5 Å². The van der Waals surface area contributed by atoms with E-state index in [1.54, 1.807) is 6.92 Å². The number of piperidine rings is 1. The van der Waals surface area contributed by atoms with Gasteiger partial charge in [-0.1, -0.05) is 12.1 Å². The molecule has 1 aliphatic carbocycles. The van der Waals surface area contributed by atoms with E-state index in [1.807, 2.05) is 31.7 Å². The molecule has 3 aliphatic rings. The van der Waals surface area contributed by atoms with Gasteiger partial charge < -0.3 is 25.0 Å². The standard InChI is InChI=1S/C29H43N3O5/c1-20(33)23(8-9-25(30)34)32-18-19-36-26-22(6-5-7-24(26)32)21-10-12-29(13-11-21)14-16-31(17-15-29)27(35)37-28(2,3)4/h5-7,21,23H,8-19H2,1-4H3,(H2,30,34). The van der Waals surface area contributed by atoms with Gasteiger partial charge in [-0.3, -0.25) is 9.59 Å². The quantitative estimate of drug-likeness (QED) is 0.587. The van der Waals surface area contributed by atoms with Crippen LogP contribution in [0.2, 0.25) is 0 Å². The molecule has 0 aromatic heterocycles. The molecule has 2 N–H and O–H groups in total. The van der Waals surface area contributed by atoms with E-state index in [0.717, 1.165) is 63.1 Å². The van der Waals surface area contributed by atoms with Crippen molar-refractivity contribution in [2.24, 2.45) is 11.1 Å². The third-order valence-corrected chi connectivity index (χ3v) is 8.38. The molecule has 2 amide bonds. The number of benzene rings is 1. The predicted octanol–water partition coefficient (Wildman–Crippen LogP) is 4.78. The fourth-order valence-electron chi connectivity index (χ4n) is 6.33. The number of ether oxygens (including phenoxy) is 2. The number of amides is 2. The highest BCUT2D eigenvalue weighted by Crippen LogP contribution is 2.51. The Kier molecular flexibility index (Phi) is 8.05. The number of hydrogen-bond donors (Lipinski definition) is 1. The molecule has 1 aromatic carbocycles. The Labute approximate surface area is 220 Å². The number of nitrogens with two attached hydrogens (primary N) is 1. The summed E-state index contributed by atoms with van der Waals surface area (Å²) < 4.78 is 11.8. The number of anilines is 1. The predicted molar refractivity (Wildman–Crippen MR) is 143 cm³/mol. The smallest absolute Gasteiger partial charge is 0.410 e. The number of primary amides is 1. The number of Topliss-reactive ketones (excluding diaryl/α,β-unsaturated/α-hetero) is 1. The molecule has 8 heteroatoms. The van der Waals surface area contributed by atoms with Crippen molar-refractivity contribution >= 4 is 23.5 Å². The van der Waals surface area contributed by atoms with E-state index < -0.39 is 5.60 Å². The van der Waals surface area contributed by atoms with Gasteiger partial charge in [0.15, 0.2) is 5.78 Å². The Morgan fingerprint density at radius 1 is 1.11 bits per heavy atom. The number of nitrogens with zero attached hydrogens (tertiary/aromatic N) is 2. The zero-order valence-corrected chi connectivity index (χ0v) is 22.9. The molecule has 2 fully saturated rings. The van der Waals surface area contributed by atoms with Crippen molar-refractivity contribution in [3.63, 3.8) is 0 Å². The molecule has 37 heavy (non-hydrogen) atoms. The number of hydrogen-bond acceptors (Lipinski definition) is 6. The zero-order chi connectivity index (χ0) is 26.8. The van der Waals surface area contributed by atoms with Crippen LogP contribution in [0.1, 0.15) is 90.5 Å². The molecule has 1 aromatic rings. The molecule has 0 bridgehead atoms. The van der Waals surface area contributed by atoms with Crippen LogP contribution in [0.5, 0.6) is 5.75 Å². The van der Waals surface area contributed by atoms with E-state index in [-0.39, 0.29) is 30.2 Å². The van der Waals surface area contributed by atoms with Crippen molar-refractivity contribution in [1.82, 2.24) is 4.90 Å². The van der Waals surface area contributed by atoms with Gasteiger partial charge >= 0.3 is 6.09 Å². The third kappa shape index (κ3) is 6.39. The van der Waals surface area contributed by atoms with Crippen LogP contribution in [0.3, 0.4) is 0 Å². The molecule has 1 saturated heterocycles. The fraction of sp³-hybridized carbons (Fsp3) is 0.690. The van der Waals surface area contributed by atoms with Crippen LogP contribution in [0, 0.1) is 5.41 Å². The van der Waals surface area contributed by atoms with E-state index in [0.29, 0.717) is 30.9 Å². The van der Waals surface area contributed by atoms with Crippen LogP contribution in [0.15, 0.2) is 18.2 Å². The van der Waals surface area contributed by atoms with Crippen LogP contribution in [-0.4, -0.2) is 60.6 Å². The van der Waals surface area contributed by atoms with Crippen LogP contribution >= 0.6 is 0 Å². The minimum absolute atomic E-state index is 0.0387. The lowest BCUT2D eigenvalue weighted by Gasteiger charge is -2.46. The highest BCUT2D eigenvalue weighted by molar-refractivity contribution is 5.87. The summed E-state index contributed by atoms with van der Waals surface area (Å²) >= 11 is 0. The first-order valence-corrected chi connectivity index (χ1v) is 13.8. The van der Waals surface area contributed by atoms with Gasteiger partial charge in [-0.2, -0.15) is 0 Å². The Morgan fingerprint density at radius 2 is 1.78 bits per heavy atom. The maximum absolute atomic E-state index is 12.5. The highest BCUT2D eigenvalue weighted by atomic mass is 16.6. The Bertz CT molecular complexity index is 999. The number of para-hydroxylation sites is 1. The van der Waals surface area contributed by atoms with Gasteiger partial charge in [0.2, 0.25) is 5.91 Å². The molecule has 0 radical (unpaired) electrons. The number of fused-ring (bicyclic) bond motifs is 1. The Morgan fingerprint density at radius 3 is 2.38 bits per heavy atom. The van der Waals surface area contributed by atoms with Gasteiger partial charge in [-0.15, -0.1) is 0 Å². The molecule has 204 valence electrons. The number of carbonyl (C=O) groups is 3. The highest BCUT2D eigenvalue weighted by Gasteiger charge is 2.41. The van der Waals surface area contributed by atoms with Crippen LogP contribution < -0.4 is 15.4 Å². The zero-order valence-electron chi connectivity index (χ0n) is 22.9. The molecule has 4 rings (SSSR count). The minimum atomic E-state index is -0.469. The lowest BCUT2D eigenvalue weighted by Crippen LogP contribution is -2.46. The number of likely N-dealkylation sites (tertiary alicyclic amines) is 1. The second-order valence-electron chi connectivity index (χ2n) is 12.1. The molecule has 1 unspecified atom stereocenters. The molecular weight excluding hydrogens is 470 g/mol. The van der Waals surface area contributed by atoms with E-state index in [2.05, 4.69) is 17.0 Å². The van der Waals surface area contributed by atoms with Gasteiger partial charge in [0.25, 0.3) is 0 Å². The largest absolute Gasteiger partial charge is 0.489 e. The second kappa shape index (κ2) is 10.9. The van der Waals surface area contributed by atoms with E-state index in [4.69, 9.17) is 15.2 Å². The maximum Gasteiger partial charge on any atom is 0.410 e. The summed E-state index contributed by atoms with van der Waals surface area (Å²) in [6.07, 6.45) is 6.91. The number of rotatable bonds is 6. The number of carbonyl (C=O) groups excluding carboxylic acids is 3. The maximum atomic E-state index is 12.5. The first-order chi connectivity index (χ1) is 17.5. The van der Waals surface area contributed by atoms with Crippen molar-refractivity contribution in [1.29, 1.82) is 0 Å². The molecule has 2 aliphatic heterocycles. The molecule has 1 saturated carbocycles. The summed E-state index contributed by atoms with van der Waals surface area (Å²) in [5.41, 5.74) is 7.37. The second-order valence-corrected chi connectivity index (χ2v) is 12.1. The summed E-state index contributed by atoms with van der Waals surface area (Å²) in [5.74, 6) is 0.948. The van der Waals surface area contributed by atoms with E-state index in [1.165, 1.54) is 5.56 Å². The Balaban J connectivity index is 1.42. The van der Waals surface area contributed by atoms with Crippen LogP contribution in [-0.2, 0) is 14.3 Å². The lowest BCUT2D eigenvalue weighted by atomic mass is 9.64. The molecule has 1 spiro atoms. The summed E-state index contributed by atoms with van der Waals surface area (Å²) in [6.45, 7) is 9.95. The van der Waals surface area contributed by atoms with Gasteiger partial charge in [0, 0.05) is 19.5 Å². The first kappa shape index (κ1) is 27.3. The van der Waals surface area contributed by atoms with E-state index >= 15 is 0 Å². The van der Waals surface area contributed by atoms with Gasteiger partial charge in [0.05, 0.1) is 18.3 Å². The lowest BCUT2D eigenvalue weighted by molar-refractivity contribution is -0.119. The van der Waals surface area contributed by atoms with E-state index in [9.17, 15) is 14.4 Å². The third-order valence-electron chi connectivity index (χ3n) is 8.38. The van der Waals surface area contributed by atoms with Gasteiger partial charge in [0.1, 0.15) is 18.0 Å². The Hall–Kier alpha value is -2.77. The summed E-state index contributed by atoms with van der Waals surface area (Å²) in [4.78, 5) is 40.3. The number of ketones is 1. The summed E-state index contributed by atoms with van der Waals surface area (Å²) in [6, 6.07) is 5.87. The average Bonchev–Trinajstić information content (AvgIpc) is 2.83. The van der Waals surface area contributed by atoms with Crippen LogP contribution in [0.25, 0.3) is 0 Å². The van der Waals surface area contributed by atoms with Gasteiger partial charge in [-0.25, -0.2) is 4.79 Å². The SMILES string of the molecule is CC(=O)C(CCC(N)=O)N1CCOc2c(C3CCC4(CC3)CCN(C(=O)OC(C)(C)C)CC4)cccc21. The van der Waals surface area contributed by atoms with Crippen molar-refractivity contribution in [3.8, 4) is 5.75 Å². The monoisotopic (exact) mass is 513 g/mol. The normalized spacial score (nSPS) is 20.6. The molecule has 1 atom stereocenters. The summed E-state index contributed by atoms with van der Waals surface area (Å²) in [7, 11) is 0. The van der Waals surface area contributed by atoms with Crippen molar-refractivity contribution < 1.29 is 23.9 Å². The summed E-state index contributed by atoms with van der Waals surface area (Å²) in [5, 5.41) is 0. The topological polar surface area (TPSA) is 102 Å². The average molecular weight is 514 g/mol.